The van der Waals surface area contributed by atoms with E-state index in [0.717, 1.165) is 37.7 Å². The van der Waals surface area contributed by atoms with Crippen molar-refractivity contribution in [2.75, 3.05) is 5.32 Å². The number of hydrogen-bond acceptors (Lipinski definition) is 2. The number of rotatable bonds is 3. The van der Waals surface area contributed by atoms with Crippen molar-refractivity contribution in [2.24, 2.45) is 5.92 Å². The second kappa shape index (κ2) is 7.07. The van der Waals surface area contributed by atoms with Crippen LogP contribution >= 0.6 is 0 Å². The Labute approximate surface area is 114 Å². The maximum absolute atomic E-state index is 12.2. The summed E-state index contributed by atoms with van der Waals surface area (Å²) in [6.07, 6.45) is 8.84. The van der Waals surface area contributed by atoms with E-state index in [1.54, 1.807) is 18.2 Å². The molecule has 0 saturated heterocycles. The fourth-order valence-electron chi connectivity index (χ4n) is 2.65. The lowest BCUT2D eigenvalue weighted by Crippen LogP contribution is -2.23. The van der Waals surface area contributed by atoms with Crippen molar-refractivity contribution in [2.45, 2.75) is 44.9 Å². The third kappa shape index (κ3) is 4.19. The zero-order chi connectivity index (χ0) is 13.5. The van der Waals surface area contributed by atoms with Gasteiger partial charge in [0.25, 0.3) is 0 Å². The van der Waals surface area contributed by atoms with E-state index in [1.807, 2.05) is 6.07 Å². The molecule has 1 aliphatic carbocycles. The molecule has 102 valence electrons. The molecule has 19 heavy (non-hydrogen) atoms. The number of aldehydes is 1. The molecule has 0 unspecified atom stereocenters. The molecule has 1 fully saturated rings. The predicted molar refractivity (Wildman–Crippen MR) is 76.3 cm³/mol. The molecule has 1 aromatic rings. The van der Waals surface area contributed by atoms with Gasteiger partial charge < -0.3 is 5.32 Å². The summed E-state index contributed by atoms with van der Waals surface area (Å²) in [4.78, 5) is 22.9. The molecule has 3 nitrogen and oxygen atoms in total. The summed E-state index contributed by atoms with van der Waals surface area (Å²) in [5.74, 6) is 0.227. The molecule has 0 spiro atoms. The van der Waals surface area contributed by atoms with Crippen molar-refractivity contribution in [3.63, 3.8) is 0 Å². The Hall–Kier alpha value is -1.64. The van der Waals surface area contributed by atoms with Gasteiger partial charge in [0.15, 0.2) is 0 Å². The second-order valence-corrected chi connectivity index (χ2v) is 5.27. The maximum atomic E-state index is 12.2. The summed E-state index contributed by atoms with van der Waals surface area (Å²) in [5, 5.41) is 2.94. The Morgan fingerprint density at radius 3 is 2.47 bits per heavy atom. The van der Waals surface area contributed by atoms with E-state index in [0.29, 0.717) is 5.56 Å². The van der Waals surface area contributed by atoms with E-state index < -0.39 is 0 Å². The van der Waals surface area contributed by atoms with Crippen molar-refractivity contribution in [3.8, 4) is 0 Å². The van der Waals surface area contributed by atoms with Crippen LogP contribution < -0.4 is 5.32 Å². The van der Waals surface area contributed by atoms with Gasteiger partial charge in [-0.3, -0.25) is 9.59 Å². The Morgan fingerprint density at radius 1 is 1.11 bits per heavy atom. The predicted octanol–water partition coefficient (Wildman–Crippen LogP) is 3.80. The van der Waals surface area contributed by atoms with Gasteiger partial charge in [0.2, 0.25) is 5.91 Å². The normalized spacial score (nSPS) is 17.3. The van der Waals surface area contributed by atoms with Crippen LogP contribution in [-0.4, -0.2) is 12.2 Å². The van der Waals surface area contributed by atoms with Gasteiger partial charge in [-0.1, -0.05) is 44.2 Å². The average molecular weight is 259 g/mol. The first kappa shape index (κ1) is 13.8. The van der Waals surface area contributed by atoms with Crippen molar-refractivity contribution in [1.29, 1.82) is 0 Å². The van der Waals surface area contributed by atoms with Crippen LogP contribution in [0.4, 0.5) is 5.69 Å². The molecule has 0 bridgehead atoms. The van der Waals surface area contributed by atoms with Gasteiger partial charge in [-0.25, -0.2) is 0 Å². The minimum Gasteiger partial charge on any atom is -0.326 e. The minimum atomic E-state index is 0.102. The van der Waals surface area contributed by atoms with E-state index in [2.05, 4.69) is 5.32 Å². The van der Waals surface area contributed by atoms with Gasteiger partial charge in [0, 0.05) is 17.2 Å². The number of carbonyl (C=O) groups excluding carboxylic acids is 2. The van der Waals surface area contributed by atoms with Crippen LogP contribution in [0, 0.1) is 5.92 Å². The standard InChI is InChI=1S/C16H21NO2/c18-12-13-7-6-10-15(11-13)17-16(19)14-8-4-2-1-3-5-9-14/h6-7,10-12,14H,1-5,8-9H2,(H,17,19). The molecule has 1 aliphatic rings. The first-order chi connectivity index (χ1) is 9.29. The molecule has 1 amide bonds. The van der Waals surface area contributed by atoms with Gasteiger partial charge in [-0.15, -0.1) is 0 Å². The van der Waals surface area contributed by atoms with Gasteiger partial charge in [-0.2, -0.15) is 0 Å². The van der Waals surface area contributed by atoms with Crippen LogP contribution in [0.15, 0.2) is 24.3 Å². The number of hydrogen-bond donors (Lipinski definition) is 1. The average Bonchev–Trinajstić information content (AvgIpc) is 2.38. The second-order valence-electron chi connectivity index (χ2n) is 5.27. The highest BCUT2D eigenvalue weighted by atomic mass is 16.1. The molecule has 2 rings (SSSR count). The van der Waals surface area contributed by atoms with Crippen LogP contribution in [0.25, 0.3) is 0 Å². The summed E-state index contributed by atoms with van der Waals surface area (Å²) in [7, 11) is 0. The van der Waals surface area contributed by atoms with E-state index in [4.69, 9.17) is 0 Å². The van der Waals surface area contributed by atoms with Crippen LogP contribution in [0.2, 0.25) is 0 Å². The lowest BCUT2D eigenvalue weighted by Gasteiger charge is -2.19. The molecule has 1 saturated carbocycles. The summed E-state index contributed by atoms with van der Waals surface area (Å²) < 4.78 is 0. The van der Waals surface area contributed by atoms with Gasteiger partial charge in [0.1, 0.15) is 6.29 Å². The Kier molecular flexibility index (Phi) is 5.13. The minimum absolute atomic E-state index is 0.102. The van der Waals surface area contributed by atoms with Crippen LogP contribution in [-0.2, 0) is 4.79 Å². The smallest absolute Gasteiger partial charge is 0.227 e. The van der Waals surface area contributed by atoms with Gasteiger partial charge >= 0.3 is 0 Å². The maximum Gasteiger partial charge on any atom is 0.227 e. The Morgan fingerprint density at radius 2 is 1.79 bits per heavy atom. The Bertz CT molecular complexity index is 434. The highest BCUT2D eigenvalue weighted by Gasteiger charge is 2.19. The van der Waals surface area contributed by atoms with E-state index in [1.165, 1.54) is 19.3 Å². The van der Waals surface area contributed by atoms with Gasteiger partial charge in [0.05, 0.1) is 0 Å². The summed E-state index contributed by atoms with van der Waals surface area (Å²) in [6, 6.07) is 7.07. The Balaban J connectivity index is 1.96. The van der Waals surface area contributed by atoms with E-state index in [-0.39, 0.29) is 11.8 Å². The molecule has 1 N–H and O–H groups in total. The van der Waals surface area contributed by atoms with Crippen LogP contribution in [0.1, 0.15) is 55.3 Å². The molecule has 0 atom stereocenters. The zero-order valence-electron chi connectivity index (χ0n) is 11.2. The van der Waals surface area contributed by atoms with E-state index in [9.17, 15) is 9.59 Å². The molecule has 3 heteroatoms. The fourth-order valence-corrected chi connectivity index (χ4v) is 2.65. The molecular weight excluding hydrogens is 238 g/mol. The number of anilines is 1. The SMILES string of the molecule is O=Cc1cccc(NC(=O)C2CCCCCCC2)c1. The van der Waals surface area contributed by atoms with Crippen molar-refractivity contribution < 1.29 is 9.59 Å². The van der Waals surface area contributed by atoms with Crippen molar-refractivity contribution in [3.05, 3.63) is 29.8 Å². The highest BCUT2D eigenvalue weighted by Crippen LogP contribution is 2.23. The number of benzene rings is 1. The van der Waals surface area contributed by atoms with Crippen molar-refractivity contribution >= 4 is 17.9 Å². The lowest BCUT2D eigenvalue weighted by atomic mass is 9.90. The molecule has 0 aliphatic heterocycles. The highest BCUT2D eigenvalue weighted by molar-refractivity contribution is 5.93. The quantitative estimate of drug-likeness (QED) is 0.839. The summed E-state index contributed by atoms with van der Waals surface area (Å²) in [6.45, 7) is 0. The molecule has 1 aromatic carbocycles. The van der Waals surface area contributed by atoms with Gasteiger partial charge in [-0.05, 0) is 25.0 Å². The largest absolute Gasteiger partial charge is 0.326 e. The molecule has 0 radical (unpaired) electrons. The lowest BCUT2D eigenvalue weighted by molar-refractivity contribution is -0.120. The van der Waals surface area contributed by atoms with E-state index >= 15 is 0 Å². The molecule has 0 aromatic heterocycles. The first-order valence-corrected chi connectivity index (χ1v) is 7.16. The molecular formula is C16H21NO2. The number of amides is 1. The number of nitrogens with one attached hydrogen (secondary N) is 1. The molecule has 0 heterocycles. The van der Waals surface area contributed by atoms with Crippen LogP contribution in [0.3, 0.4) is 0 Å². The van der Waals surface area contributed by atoms with Crippen LogP contribution in [0.5, 0.6) is 0 Å². The summed E-state index contributed by atoms with van der Waals surface area (Å²) >= 11 is 0. The topological polar surface area (TPSA) is 46.2 Å². The number of carbonyl (C=O) groups is 2. The fraction of sp³-hybridized carbons (Fsp3) is 0.500. The third-order valence-electron chi connectivity index (χ3n) is 3.77. The monoisotopic (exact) mass is 259 g/mol. The van der Waals surface area contributed by atoms with Crippen molar-refractivity contribution in [1.82, 2.24) is 0 Å². The zero-order valence-corrected chi connectivity index (χ0v) is 11.2. The first-order valence-electron chi connectivity index (χ1n) is 7.16. The summed E-state index contributed by atoms with van der Waals surface area (Å²) in [5.41, 5.74) is 1.31. The third-order valence-corrected chi connectivity index (χ3v) is 3.77.